The molecular formula is C44H38N4OPt-2. The van der Waals surface area contributed by atoms with Gasteiger partial charge in [0.25, 0.3) is 6.33 Å². The Kier molecular flexibility index (Phi) is 8.52. The number of pyridine rings is 1. The second kappa shape index (κ2) is 12.7. The molecule has 3 aromatic heterocycles. The Labute approximate surface area is 308 Å². The van der Waals surface area contributed by atoms with Crippen LogP contribution in [0, 0.1) is 18.5 Å². The first-order chi connectivity index (χ1) is 23.5. The second-order valence-electron chi connectivity index (χ2n) is 14.7. The van der Waals surface area contributed by atoms with Crippen molar-refractivity contribution in [3.8, 4) is 28.7 Å². The van der Waals surface area contributed by atoms with E-state index in [0.29, 0.717) is 11.5 Å². The van der Waals surface area contributed by atoms with Crippen LogP contribution in [0.1, 0.15) is 52.7 Å². The van der Waals surface area contributed by atoms with Crippen LogP contribution >= 0.6 is 0 Å². The summed E-state index contributed by atoms with van der Waals surface area (Å²) in [6.45, 7) is 13.4. The number of hydrogen-bond acceptors (Lipinski definition) is 2. The van der Waals surface area contributed by atoms with Gasteiger partial charge in [-0.3, -0.25) is 4.57 Å². The predicted octanol–water partition coefficient (Wildman–Crippen LogP) is 10.2. The molecule has 6 heteroatoms. The first-order valence-corrected chi connectivity index (χ1v) is 16.7. The fourth-order valence-corrected chi connectivity index (χ4v) is 6.45. The van der Waals surface area contributed by atoms with Crippen molar-refractivity contribution in [2.45, 2.75) is 52.4 Å². The SMILES string of the molecule is CC(C)(C)c1ccnc(-n2c3[c-]c(Oc4[c-]c(-n5[c-][n+](-c6ccccc6)c6ccccc65)ccc4)ccc3c3ccc(C(C)(C)C)cc32)c1.[Pt]. The maximum absolute atomic E-state index is 6.52. The molecule has 0 aliphatic carbocycles. The van der Waals surface area contributed by atoms with Crippen LogP contribution in [0.5, 0.6) is 11.5 Å². The maximum atomic E-state index is 6.52. The standard InChI is InChI=1S/C44H38N4O.Pt/c1-43(2,3)30-19-21-36-37-22-20-35(28-41(37)48(40(36)25-30)42-26-31(23-24-45-42)44(4,5)6)49-34-16-12-15-33(27-34)47-29-46(32-13-8-7-9-14-32)38-17-10-11-18-39(38)47;/h7-26H,1-6H3;/q-2;. The zero-order valence-corrected chi connectivity index (χ0v) is 31.3. The van der Waals surface area contributed by atoms with Crippen molar-refractivity contribution < 1.29 is 30.4 Å². The van der Waals surface area contributed by atoms with Crippen LogP contribution < -0.4 is 9.30 Å². The Bertz CT molecular complexity index is 2500. The van der Waals surface area contributed by atoms with Crippen LogP contribution in [0.2, 0.25) is 0 Å². The van der Waals surface area contributed by atoms with E-state index < -0.39 is 0 Å². The normalized spacial score (nSPS) is 12.0. The minimum Gasteiger partial charge on any atom is -0.510 e. The monoisotopic (exact) mass is 833 g/mol. The smallest absolute Gasteiger partial charge is 0.268 e. The van der Waals surface area contributed by atoms with Gasteiger partial charge in [-0.15, -0.1) is 29.7 Å². The summed E-state index contributed by atoms with van der Waals surface area (Å²) in [6, 6.07) is 46.8. The Morgan fingerprint density at radius 1 is 0.640 bits per heavy atom. The summed E-state index contributed by atoms with van der Waals surface area (Å²) < 4.78 is 12.8. The molecule has 0 unspecified atom stereocenters. The number of benzene rings is 5. The molecule has 8 rings (SSSR count). The number of fused-ring (bicyclic) bond motifs is 4. The van der Waals surface area contributed by atoms with Crippen molar-refractivity contribution in [2.75, 3.05) is 0 Å². The van der Waals surface area contributed by atoms with Crippen molar-refractivity contribution in [3.05, 3.63) is 151 Å². The van der Waals surface area contributed by atoms with Gasteiger partial charge >= 0.3 is 0 Å². The molecular weight excluding hydrogens is 796 g/mol. The summed E-state index contributed by atoms with van der Waals surface area (Å²) in [4.78, 5) is 4.88. The van der Waals surface area contributed by atoms with Crippen molar-refractivity contribution in [3.63, 3.8) is 0 Å². The van der Waals surface area contributed by atoms with Crippen LogP contribution in [-0.2, 0) is 31.9 Å². The molecule has 0 N–H and O–H groups in total. The number of hydrogen-bond donors (Lipinski definition) is 0. The summed E-state index contributed by atoms with van der Waals surface area (Å²) in [6.07, 6.45) is 5.44. The van der Waals surface area contributed by atoms with Gasteiger partial charge < -0.3 is 13.9 Å². The van der Waals surface area contributed by atoms with Crippen LogP contribution in [0.15, 0.2) is 121 Å². The molecule has 8 aromatic rings. The van der Waals surface area contributed by atoms with Crippen molar-refractivity contribution in [1.29, 1.82) is 0 Å². The molecule has 5 nitrogen and oxygen atoms in total. The molecule has 0 bridgehead atoms. The number of imidazole rings is 1. The minimum atomic E-state index is -0.0192. The van der Waals surface area contributed by atoms with Crippen LogP contribution in [0.25, 0.3) is 50.0 Å². The van der Waals surface area contributed by atoms with Crippen LogP contribution in [-0.4, -0.2) is 14.1 Å². The molecule has 0 saturated carbocycles. The number of ether oxygens (including phenoxy) is 1. The average Bonchev–Trinajstić information content (AvgIpc) is 3.64. The van der Waals surface area contributed by atoms with Gasteiger partial charge in [-0.1, -0.05) is 102 Å². The van der Waals surface area contributed by atoms with Gasteiger partial charge in [0.15, 0.2) is 0 Å². The van der Waals surface area contributed by atoms with Crippen LogP contribution in [0.4, 0.5) is 0 Å². The molecule has 0 spiro atoms. The molecule has 0 aliphatic rings. The summed E-state index contributed by atoms with van der Waals surface area (Å²) >= 11 is 0. The number of para-hydroxylation sites is 3. The molecule has 0 saturated heterocycles. The third kappa shape index (κ3) is 6.05. The van der Waals surface area contributed by atoms with Gasteiger partial charge in [-0.2, -0.15) is 18.2 Å². The van der Waals surface area contributed by atoms with Gasteiger partial charge in [0.05, 0.1) is 16.7 Å². The molecule has 3 heterocycles. The summed E-state index contributed by atoms with van der Waals surface area (Å²) in [5, 5.41) is 2.26. The van der Waals surface area contributed by atoms with E-state index >= 15 is 0 Å². The fourth-order valence-electron chi connectivity index (χ4n) is 6.45. The quantitative estimate of drug-likeness (QED) is 0.128. The van der Waals surface area contributed by atoms with E-state index in [2.05, 4.69) is 130 Å². The third-order valence-corrected chi connectivity index (χ3v) is 9.15. The molecule has 0 radical (unpaired) electrons. The van der Waals surface area contributed by atoms with E-state index in [1.807, 2.05) is 65.4 Å². The Morgan fingerprint density at radius 2 is 1.34 bits per heavy atom. The molecule has 0 aliphatic heterocycles. The third-order valence-electron chi connectivity index (χ3n) is 9.15. The molecule has 50 heavy (non-hydrogen) atoms. The van der Waals surface area contributed by atoms with E-state index in [-0.39, 0.29) is 31.9 Å². The van der Waals surface area contributed by atoms with Crippen molar-refractivity contribution in [1.82, 2.24) is 14.1 Å². The first-order valence-electron chi connectivity index (χ1n) is 16.7. The molecule has 0 amide bonds. The number of rotatable bonds is 5. The molecule has 252 valence electrons. The average molecular weight is 834 g/mol. The van der Waals surface area contributed by atoms with Crippen molar-refractivity contribution >= 4 is 32.8 Å². The minimum absolute atomic E-state index is 0. The zero-order chi connectivity index (χ0) is 33.9. The van der Waals surface area contributed by atoms with Gasteiger partial charge in [-0.25, -0.2) is 4.98 Å². The number of aromatic nitrogens is 4. The van der Waals surface area contributed by atoms with Crippen LogP contribution in [0.3, 0.4) is 0 Å². The summed E-state index contributed by atoms with van der Waals surface area (Å²) in [5.74, 6) is 2.06. The largest absolute Gasteiger partial charge is 0.510 e. The Balaban J connectivity index is 0.00000392. The molecule has 5 aromatic carbocycles. The Morgan fingerprint density at radius 3 is 2.12 bits per heavy atom. The van der Waals surface area contributed by atoms with E-state index in [1.165, 1.54) is 11.1 Å². The van der Waals surface area contributed by atoms with Gasteiger partial charge in [0, 0.05) is 44.3 Å². The van der Waals surface area contributed by atoms with E-state index in [4.69, 9.17) is 9.72 Å². The van der Waals surface area contributed by atoms with Gasteiger partial charge in [0.2, 0.25) is 0 Å². The summed E-state index contributed by atoms with van der Waals surface area (Å²) in [5.41, 5.74) is 8.44. The maximum Gasteiger partial charge on any atom is 0.268 e. The predicted molar refractivity (Wildman–Crippen MR) is 197 cm³/mol. The topological polar surface area (TPSA) is 35.9 Å². The van der Waals surface area contributed by atoms with E-state index in [9.17, 15) is 0 Å². The summed E-state index contributed by atoms with van der Waals surface area (Å²) in [7, 11) is 0. The van der Waals surface area contributed by atoms with E-state index in [0.717, 1.165) is 50.0 Å². The van der Waals surface area contributed by atoms with Gasteiger partial charge in [0.1, 0.15) is 5.82 Å². The number of nitrogens with zero attached hydrogens (tertiary/aromatic N) is 4. The Hall–Kier alpha value is -4.99. The van der Waals surface area contributed by atoms with Crippen molar-refractivity contribution in [2.24, 2.45) is 0 Å². The van der Waals surface area contributed by atoms with E-state index in [1.54, 1.807) is 0 Å². The molecule has 0 atom stereocenters. The fraction of sp³-hybridized carbons (Fsp3) is 0.182. The molecule has 0 fully saturated rings. The first kappa shape index (κ1) is 33.5. The van der Waals surface area contributed by atoms with Gasteiger partial charge in [-0.05, 0) is 63.4 Å². The second-order valence-corrected chi connectivity index (χ2v) is 14.7. The zero-order valence-electron chi connectivity index (χ0n) is 29.1.